The summed E-state index contributed by atoms with van der Waals surface area (Å²) in [6.07, 6.45) is 1.66. The van der Waals surface area contributed by atoms with Gasteiger partial charge in [0.05, 0.1) is 26.3 Å². The second kappa shape index (κ2) is 8.21. The van der Waals surface area contributed by atoms with E-state index in [4.69, 9.17) is 14.2 Å². The average molecular weight is 326 g/mol. The predicted octanol–water partition coefficient (Wildman–Crippen LogP) is 2.54. The third kappa shape index (κ3) is 4.02. The number of ether oxygens (including phenoxy) is 3. The summed E-state index contributed by atoms with van der Waals surface area (Å²) in [6.45, 7) is 3.83. The molecule has 1 N–H and O–H groups in total. The van der Waals surface area contributed by atoms with Crippen molar-refractivity contribution in [3.8, 4) is 17.2 Å². The van der Waals surface area contributed by atoms with E-state index < -0.39 is 16.5 Å². The van der Waals surface area contributed by atoms with Gasteiger partial charge in [0.1, 0.15) is 5.56 Å². The summed E-state index contributed by atoms with van der Waals surface area (Å²) in [5.74, 6) is -0.454. The smallest absolute Gasteiger partial charge is 0.327 e. The van der Waals surface area contributed by atoms with Gasteiger partial charge in [0, 0.05) is 12.1 Å². The number of nitro benzene ring substituents is 1. The molecule has 1 aromatic carbocycles. The number of carbonyl (C=O) groups is 1. The first kappa shape index (κ1) is 18.5. The summed E-state index contributed by atoms with van der Waals surface area (Å²) >= 11 is 0. The normalized spacial score (nSPS) is 11.5. The number of methoxy groups -OCH3 is 3. The monoisotopic (exact) mass is 326 g/mol. The molecule has 1 rings (SSSR count). The van der Waals surface area contributed by atoms with Gasteiger partial charge in [-0.3, -0.25) is 14.9 Å². The second-order valence-electron chi connectivity index (χ2n) is 4.96. The number of rotatable bonds is 8. The number of nitro groups is 1. The molecule has 0 saturated carbocycles. The molecule has 0 bridgehead atoms. The first-order valence-corrected chi connectivity index (χ1v) is 7.19. The summed E-state index contributed by atoms with van der Waals surface area (Å²) in [4.78, 5) is 23.2. The molecule has 0 spiro atoms. The molecular weight excluding hydrogens is 304 g/mol. The van der Waals surface area contributed by atoms with Crippen LogP contribution in [0.5, 0.6) is 17.2 Å². The highest BCUT2D eigenvalue weighted by atomic mass is 16.6. The minimum atomic E-state index is -0.666. The zero-order valence-electron chi connectivity index (χ0n) is 14.0. The Morgan fingerprint density at radius 2 is 1.87 bits per heavy atom. The SMILES string of the molecule is CCCC(C)NC(=O)c1cc(OC)c(OC)c(OC)c1[N+](=O)[O-]. The molecule has 1 unspecified atom stereocenters. The maximum atomic E-state index is 12.4. The van der Waals surface area contributed by atoms with Gasteiger partial charge in [-0.25, -0.2) is 0 Å². The first-order valence-electron chi connectivity index (χ1n) is 7.19. The highest BCUT2D eigenvalue weighted by molar-refractivity contribution is 6.00. The molecule has 8 nitrogen and oxygen atoms in total. The van der Waals surface area contributed by atoms with Crippen LogP contribution in [-0.4, -0.2) is 38.2 Å². The maximum absolute atomic E-state index is 12.4. The predicted molar refractivity (Wildman–Crippen MR) is 84.6 cm³/mol. The Kier molecular flexibility index (Phi) is 6.62. The molecule has 0 heterocycles. The molecule has 1 aromatic rings. The molecule has 0 aliphatic carbocycles. The minimum absolute atomic E-state index is 0.0693. The summed E-state index contributed by atoms with van der Waals surface area (Å²) in [6, 6.07) is 1.18. The standard InChI is InChI=1S/C15H22N2O6/c1-6-7-9(2)16-15(18)10-8-11(21-3)13(22-4)14(23-5)12(10)17(19)20/h8-9H,6-7H2,1-5H3,(H,16,18). The highest BCUT2D eigenvalue weighted by Gasteiger charge is 2.32. The molecule has 128 valence electrons. The zero-order chi connectivity index (χ0) is 17.6. The Labute approximate surface area is 134 Å². The number of amides is 1. The largest absolute Gasteiger partial charge is 0.493 e. The lowest BCUT2D eigenvalue weighted by atomic mass is 10.1. The van der Waals surface area contributed by atoms with Crippen molar-refractivity contribution in [3.05, 3.63) is 21.7 Å². The van der Waals surface area contributed by atoms with Gasteiger partial charge in [0.25, 0.3) is 5.91 Å². The molecule has 0 fully saturated rings. The Morgan fingerprint density at radius 1 is 1.26 bits per heavy atom. The van der Waals surface area contributed by atoms with Gasteiger partial charge in [-0.2, -0.15) is 0 Å². The van der Waals surface area contributed by atoms with Gasteiger partial charge < -0.3 is 19.5 Å². The first-order chi connectivity index (χ1) is 10.9. The number of hydrogen-bond donors (Lipinski definition) is 1. The number of carbonyl (C=O) groups excluding carboxylic acids is 1. The van der Waals surface area contributed by atoms with Crippen LogP contribution in [0.1, 0.15) is 37.0 Å². The Balaban J connectivity index is 3.45. The zero-order valence-corrected chi connectivity index (χ0v) is 14.0. The molecule has 1 atom stereocenters. The fourth-order valence-corrected chi connectivity index (χ4v) is 2.30. The van der Waals surface area contributed by atoms with Gasteiger partial charge in [-0.15, -0.1) is 0 Å². The lowest BCUT2D eigenvalue weighted by Crippen LogP contribution is -2.32. The van der Waals surface area contributed by atoms with Crippen molar-refractivity contribution in [1.82, 2.24) is 5.32 Å². The van der Waals surface area contributed by atoms with E-state index in [0.29, 0.717) is 0 Å². The molecule has 0 saturated heterocycles. The van der Waals surface area contributed by atoms with E-state index in [1.54, 1.807) is 0 Å². The lowest BCUT2D eigenvalue weighted by molar-refractivity contribution is -0.386. The second-order valence-corrected chi connectivity index (χ2v) is 4.96. The lowest BCUT2D eigenvalue weighted by Gasteiger charge is -2.16. The Hall–Kier alpha value is -2.51. The van der Waals surface area contributed by atoms with Crippen molar-refractivity contribution in [3.63, 3.8) is 0 Å². The third-order valence-electron chi connectivity index (χ3n) is 3.33. The van der Waals surface area contributed by atoms with Gasteiger partial charge in [-0.1, -0.05) is 13.3 Å². The van der Waals surface area contributed by atoms with Crippen LogP contribution >= 0.6 is 0 Å². The average Bonchev–Trinajstić information content (AvgIpc) is 2.52. The number of hydrogen-bond acceptors (Lipinski definition) is 6. The molecule has 0 aliphatic heterocycles. The van der Waals surface area contributed by atoms with Crippen molar-refractivity contribution < 1.29 is 23.9 Å². The highest BCUT2D eigenvalue weighted by Crippen LogP contribution is 2.46. The molecular formula is C15H22N2O6. The fraction of sp³-hybridized carbons (Fsp3) is 0.533. The van der Waals surface area contributed by atoms with Crippen molar-refractivity contribution in [1.29, 1.82) is 0 Å². The van der Waals surface area contributed by atoms with Gasteiger partial charge in [0.2, 0.25) is 11.5 Å². The molecule has 0 aromatic heterocycles. The van der Waals surface area contributed by atoms with E-state index in [2.05, 4.69) is 5.32 Å². The Morgan fingerprint density at radius 3 is 2.30 bits per heavy atom. The third-order valence-corrected chi connectivity index (χ3v) is 3.33. The van der Waals surface area contributed by atoms with Crippen LogP contribution in [0.4, 0.5) is 5.69 Å². The van der Waals surface area contributed by atoms with E-state index in [0.717, 1.165) is 12.8 Å². The number of nitrogens with one attached hydrogen (secondary N) is 1. The van der Waals surface area contributed by atoms with Crippen LogP contribution in [-0.2, 0) is 0 Å². The van der Waals surface area contributed by atoms with Crippen LogP contribution in [0.25, 0.3) is 0 Å². The van der Waals surface area contributed by atoms with Crippen LogP contribution < -0.4 is 19.5 Å². The van der Waals surface area contributed by atoms with Crippen molar-refractivity contribution in [2.75, 3.05) is 21.3 Å². The number of benzene rings is 1. The van der Waals surface area contributed by atoms with Crippen molar-refractivity contribution >= 4 is 11.6 Å². The van der Waals surface area contributed by atoms with Gasteiger partial charge in [0.15, 0.2) is 5.75 Å². The van der Waals surface area contributed by atoms with Crippen molar-refractivity contribution in [2.45, 2.75) is 32.7 Å². The van der Waals surface area contributed by atoms with Crippen LogP contribution in [0.3, 0.4) is 0 Å². The van der Waals surface area contributed by atoms with Crippen LogP contribution in [0.15, 0.2) is 6.07 Å². The van der Waals surface area contributed by atoms with Gasteiger partial charge >= 0.3 is 5.69 Å². The quantitative estimate of drug-likeness (QED) is 0.582. The van der Waals surface area contributed by atoms with Crippen LogP contribution in [0, 0.1) is 10.1 Å². The molecule has 1 amide bonds. The molecule has 0 radical (unpaired) electrons. The summed E-state index contributed by atoms with van der Waals surface area (Å²) < 4.78 is 15.4. The topological polar surface area (TPSA) is 99.9 Å². The van der Waals surface area contributed by atoms with E-state index in [1.165, 1.54) is 27.4 Å². The van der Waals surface area contributed by atoms with Crippen molar-refractivity contribution in [2.24, 2.45) is 0 Å². The molecule has 0 aliphatic rings. The van der Waals surface area contributed by atoms with E-state index in [-0.39, 0.29) is 28.9 Å². The maximum Gasteiger partial charge on any atom is 0.327 e. The van der Waals surface area contributed by atoms with Crippen LogP contribution in [0.2, 0.25) is 0 Å². The number of nitrogens with zero attached hydrogens (tertiary/aromatic N) is 1. The summed E-state index contributed by atoms with van der Waals surface area (Å²) in [5.41, 5.74) is -0.584. The molecule has 8 heteroatoms. The van der Waals surface area contributed by atoms with E-state index >= 15 is 0 Å². The fourth-order valence-electron chi connectivity index (χ4n) is 2.30. The molecule has 23 heavy (non-hydrogen) atoms. The van der Waals surface area contributed by atoms with E-state index in [1.807, 2.05) is 13.8 Å². The minimum Gasteiger partial charge on any atom is -0.493 e. The van der Waals surface area contributed by atoms with E-state index in [9.17, 15) is 14.9 Å². The summed E-state index contributed by atoms with van der Waals surface area (Å²) in [5, 5.41) is 14.2. The Bertz CT molecular complexity index is 588. The summed E-state index contributed by atoms with van der Waals surface area (Å²) in [7, 11) is 3.99. The van der Waals surface area contributed by atoms with Gasteiger partial charge in [-0.05, 0) is 13.3 Å².